The monoisotopic (exact) mass is 404 g/mol. The Bertz CT molecular complexity index is 441. The molecule has 0 bridgehead atoms. The van der Waals surface area contributed by atoms with Gasteiger partial charge < -0.3 is 0 Å². The van der Waals surface area contributed by atoms with Crippen molar-refractivity contribution in [1.82, 2.24) is 0 Å². The van der Waals surface area contributed by atoms with Gasteiger partial charge in [0, 0.05) is 0 Å². The maximum atomic E-state index is 11.2. The molecule has 2 unspecified atom stereocenters. The van der Waals surface area contributed by atoms with E-state index in [9.17, 15) is 19.2 Å². The quantitative estimate of drug-likeness (QED) is 0.438. The molecule has 0 aliphatic heterocycles. The third-order valence-electron chi connectivity index (χ3n) is 3.80. The Balaban J connectivity index is 0. The van der Waals surface area contributed by atoms with E-state index in [-0.39, 0.29) is 36.5 Å². The van der Waals surface area contributed by atoms with E-state index in [0.717, 1.165) is 12.8 Å². The summed E-state index contributed by atoms with van der Waals surface area (Å²) in [6, 6.07) is 0. The molecule has 0 aliphatic rings. The van der Waals surface area contributed by atoms with Gasteiger partial charge >= 0.3 is 23.9 Å². The molecule has 0 aromatic rings. The molecule has 0 aromatic heterocycles. The summed E-state index contributed by atoms with van der Waals surface area (Å²) in [5.41, 5.74) is 0. The first-order valence-electron chi connectivity index (χ1n) is 9.76. The Morgan fingerprint density at radius 2 is 0.857 bits per heavy atom. The Morgan fingerprint density at radius 1 is 0.571 bits per heavy atom. The molecule has 0 aromatic carbocycles. The second kappa shape index (κ2) is 15.9. The standard InChI is InChI=1S/C12H22O4.C8H14O4/c1-5-9(3)7-11(13)15-16-12(14)8-10(4)6-2;1-5(2)7(9)11-12-8(10)6(3)4/h9-10H,5-8H2,1-4H3;5-6H,1-4H3. The summed E-state index contributed by atoms with van der Waals surface area (Å²) in [7, 11) is 0. The lowest BCUT2D eigenvalue weighted by Crippen LogP contribution is -2.18. The Morgan fingerprint density at radius 3 is 1.07 bits per heavy atom. The van der Waals surface area contributed by atoms with E-state index in [0.29, 0.717) is 0 Å². The van der Waals surface area contributed by atoms with Crippen molar-refractivity contribution in [2.45, 2.75) is 81.1 Å². The topological polar surface area (TPSA) is 105 Å². The summed E-state index contributed by atoms with van der Waals surface area (Å²) >= 11 is 0. The molecular weight excluding hydrogens is 368 g/mol. The van der Waals surface area contributed by atoms with Crippen LogP contribution >= 0.6 is 0 Å². The lowest BCUT2D eigenvalue weighted by Gasteiger charge is -2.08. The van der Waals surface area contributed by atoms with Crippen LogP contribution in [0, 0.1) is 23.7 Å². The van der Waals surface area contributed by atoms with Crippen LogP contribution in [-0.4, -0.2) is 23.9 Å². The first kappa shape index (κ1) is 28.1. The van der Waals surface area contributed by atoms with E-state index in [1.807, 2.05) is 27.7 Å². The van der Waals surface area contributed by atoms with Gasteiger partial charge in [-0.3, -0.25) is 0 Å². The van der Waals surface area contributed by atoms with Crippen LogP contribution in [0.2, 0.25) is 0 Å². The molecule has 0 N–H and O–H groups in total. The molecule has 0 amide bonds. The molecule has 0 radical (unpaired) electrons. The average Bonchev–Trinajstić information content (AvgIpc) is 2.63. The van der Waals surface area contributed by atoms with E-state index < -0.39 is 23.9 Å². The van der Waals surface area contributed by atoms with Crippen LogP contribution in [0.15, 0.2) is 0 Å². The van der Waals surface area contributed by atoms with Crippen LogP contribution in [0.1, 0.15) is 81.1 Å². The molecule has 2 atom stereocenters. The highest BCUT2D eigenvalue weighted by molar-refractivity contribution is 5.75. The molecular formula is C20H36O8. The third-order valence-corrected chi connectivity index (χ3v) is 3.80. The summed E-state index contributed by atoms with van der Waals surface area (Å²) in [5, 5.41) is 0. The van der Waals surface area contributed by atoms with Crippen molar-refractivity contribution < 1.29 is 38.7 Å². The maximum Gasteiger partial charge on any atom is 0.358 e. The minimum absolute atomic E-state index is 0.251. The molecule has 0 rings (SSSR count). The van der Waals surface area contributed by atoms with Crippen molar-refractivity contribution in [2.24, 2.45) is 23.7 Å². The molecule has 8 heteroatoms. The molecule has 0 saturated carbocycles. The summed E-state index contributed by atoms with van der Waals surface area (Å²) in [6.07, 6.45) is 2.37. The Hall–Kier alpha value is -2.12. The fourth-order valence-corrected chi connectivity index (χ4v) is 1.29. The van der Waals surface area contributed by atoms with Gasteiger partial charge in [0.25, 0.3) is 0 Å². The van der Waals surface area contributed by atoms with Gasteiger partial charge in [-0.2, -0.15) is 0 Å². The minimum atomic E-state index is -0.538. The van der Waals surface area contributed by atoms with Gasteiger partial charge in [0.2, 0.25) is 0 Å². The zero-order valence-electron chi connectivity index (χ0n) is 18.4. The number of hydrogen-bond donors (Lipinski definition) is 0. The van der Waals surface area contributed by atoms with Crippen LogP contribution in [0.4, 0.5) is 0 Å². The normalized spacial score (nSPS) is 12.4. The molecule has 0 heterocycles. The van der Waals surface area contributed by atoms with Gasteiger partial charge in [0.1, 0.15) is 0 Å². The number of carbonyl (C=O) groups excluding carboxylic acids is 4. The van der Waals surface area contributed by atoms with Crippen LogP contribution in [0.25, 0.3) is 0 Å². The number of rotatable bonds is 8. The van der Waals surface area contributed by atoms with Crippen molar-refractivity contribution in [1.29, 1.82) is 0 Å². The summed E-state index contributed by atoms with van der Waals surface area (Å²) in [5.74, 6) is -2.11. The predicted octanol–water partition coefficient (Wildman–Crippen LogP) is 4.16. The van der Waals surface area contributed by atoms with E-state index in [2.05, 4.69) is 19.6 Å². The van der Waals surface area contributed by atoms with Gasteiger partial charge in [0.05, 0.1) is 24.7 Å². The minimum Gasteiger partial charge on any atom is -0.247 e. The largest absolute Gasteiger partial charge is 0.358 e. The summed E-state index contributed by atoms with van der Waals surface area (Å²) < 4.78 is 0. The SMILES string of the molecule is CC(C)C(=O)OOC(=O)C(C)C.CCC(C)CC(=O)OOC(=O)CC(C)CC. The van der Waals surface area contributed by atoms with Crippen molar-refractivity contribution in [3.63, 3.8) is 0 Å². The van der Waals surface area contributed by atoms with Crippen molar-refractivity contribution in [2.75, 3.05) is 0 Å². The lowest BCUT2D eigenvalue weighted by molar-refractivity contribution is -0.263. The molecule has 0 aliphatic carbocycles. The number of carbonyl (C=O) groups is 4. The molecule has 8 nitrogen and oxygen atoms in total. The van der Waals surface area contributed by atoms with Crippen molar-refractivity contribution >= 4 is 23.9 Å². The highest BCUT2D eigenvalue weighted by atomic mass is 17.2. The fourth-order valence-electron chi connectivity index (χ4n) is 1.29. The molecule has 28 heavy (non-hydrogen) atoms. The highest BCUT2D eigenvalue weighted by Crippen LogP contribution is 2.10. The van der Waals surface area contributed by atoms with Gasteiger partial charge in [-0.1, -0.05) is 68.2 Å². The molecule has 0 fully saturated rings. The van der Waals surface area contributed by atoms with E-state index in [4.69, 9.17) is 0 Å². The average molecular weight is 405 g/mol. The van der Waals surface area contributed by atoms with Gasteiger partial charge in [-0.05, 0) is 11.8 Å². The van der Waals surface area contributed by atoms with Gasteiger partial charge in [-0.15, -0.1) is 0 Å². The van der Waals surface area contributed by atoms with Crippen LogP contribution in [0.3, 0.4) is 0 Å². The Labute approximate surface area is 168 Å². The van der Waals surface area contributed by atoms with Crippen LogP contribution < -0.4 is 0 Å². The van der Waals surface area contributed by atoms with Gasteiger partial charge in [0.15, 0.2) is 0 Å². The van der Waals surface area contributed by atoms with Crippen molar-refractivity contribution in [3.05, 3.63) is 0 Å². The van der Waals surface area contributed by atoms with E-state index >= 15 is 0 Å². The number of hydrogen-bond acceptors (Lipinski definition) is 8. The lowest BCUT2D eigenvalue weighted by atomic mass is 10.1. The van der Waals surface area contributed by atoms with Crippen LogP contribution in [-0.2, 0) is 38.7 Å². The van der Waals surface area contributed by atoms with E-state index in [1.54, 1.807) is 27.7 Å². The second-order valence-corrected chi connectivity index (χ2v) is 7.46. The first-order valence-corrected chi connectivity index (χ1v) is 9.76. The van der Waals surface area contributed by atoms with Gasteiger partial charge in [-0.25, -0.2) is 38.7 Å². The molecule has 164 valence electrons. The molecule has 0 saturated heterocycles. The van der Waals surface area contributed by atoms with Crippen molar-refractivity contribution in [3.8, 4) is 0 Å². The predicted molar refractivity (Wildman–Crippen MR) is 102 cm³/mol. The highest BCUT2D eigenvalue weighted by Gasteiger charge is 2.16. The van der Waals surface area contributed by atoms with E-state index in [1.165, 1.54) is 0 Å². The fraction of sp³-hybridized carbons (Fsp3) is 0.800. The third kappa shape index (κ3) is 16.1. The smallest absolute Gasteiger partial charge is 0.247 e. The first-order chi connectivity index (χ1) is 12.9. The summed E-state index contributed by atoms with van der Waals surface area (Å²) in [4.78, 5) is 61.2. The zero-order chi connectivity index (χ0) is 22.3. The maximum absolute atomic E-state index is 11.2. The Kier molecular flexibility index (Phi) is 15.9. The molecule has 0 spiro atoms. The van der Waals surface area contributed by atoms with Crippen LogP contribution in [0.5, 0.6) is 0 Å². The second-order valence-electron chi connectivity index (χ2n) is 7.46. The zero-order valence-corrected chi connectivity index (χ0v) is 18.4. The summed E-state index contributed by atoms with van der Waals surface area (Å²) in [6.45, 7) is 14.5.